The van der Waals surface area contributed by atoms with Crippen molar-refractivity contribution in [3.05, 3.63) is 0 Å². The number of nitrogens with one attached hydrogen (secondary N) is 1. The number of carbonyl (C=O) groups excluding carboxylic acids is 1. The first kappa shape index (κ1) is 12.8. The zero-order chi connectivity index (χ0) is 12.3. The molecule has 0 aliphatic carbocycles. The van der Waals surface area contributed by atoms with Crippen LogP contribution in [0.5, 0.6) is 0 Å². The number of hydrogen-bond donors (Lipinski definition) is 1. The molecule has 1 atom stereocenters. The van der Waals surface area contributed by atoms with Crippen LogP contribution in [0.3, 0.4) is 0 Å². The number of hydrogen-bond acceptors (Lipinski definition) is 4. The average molecular weight is 242 g/mol. The van der Waals surface area contributed by atoms with Crippen molar-refractivity contribution in [2.24, 2.45) is 5.92 Å². The maximum Gasteiger partial charge on any atom is 0.225 e. The van der Waals surface area contributed by atoms with Crippen molar-refractivity contribution >= 4 is 5.91 Å². The molecule has 2 fully saturated rings. The van der Waals surface area contributed by atoms with E-state index < -0.39 is 0 Å². The van der Waals surface area contributed by atoms with Crippen molar-refractivity contribution < 1.29 is 14.3 Å². The number of carbonyl (C=O) groups is 1. The smallest absolute Gasteiger partial charge is 0.225 e. The summed E-state index contributed by atoms with van der Waals surface area (Å²) in [6.07, 6.45) is 0. The van der Waals surface area contributed by atoms with Gasteiger partial charge in [-0.25, -0.2) is 0 Å². The fourth-order valence-electron chi connectivity index (χ4n) is 2.36. The van der Waals surface area contributed by atoms with Gasteiger partial charge in [0.1, 0.15) is 5.60 Å². The highest BCUT2D eigenvalue weighted by molar-refractivity contribution is 5.78. The normalized spacial score (nSPS) is 30.6. The van der Waals surface area contributed by atoms with Crippen LogP contribution in [-0.4, -0.2) is 62.4 Å². The highest BCUT2D eigenvalue weighted by atomic mass is 16.5. The van der Waals surface area contributed by atoms with Gasteiger partial charge in [-0.05, 0) is 0 Å². The summed E-state index contributed by atoms with van der Waals surface area (Å²) in [6.45, 7) is 8.70. The van der Waals surface area contributed by atoms with E-state index in [1.165, 1.54) is 0 Å². The van der Waals surface area contributed by atoms with E-state index >= 15 is 0 Å². The van der Waals surface area contributed by atoms with Crippen LogP contribution in [-0.2, 0) is 14.3 Å². The lowest BCUT2D eigenvalue weighted by molar-refractivity contribution is -0.160. The van der Waals surface area contributed by atoms with Crippen LogP contribution in [0.1, 0.15) is 13.8 Å². The first-order chi connectivity index (χ1) is 8.13. The van der Waals surface area contributed by atoms with Crippen LogP contribution in [0.4, 0.5) is 0 Å². The molecule has 2 heterocycles. The molecule has 0 aromatic rings. The SMILES string of the molecule is CC(C)C(=O)N1CCO[C@]2(CNCCOC2)C1. The van der Waals surface area contributed by atoms with E-state index in [-0.39, 0.29) is 17.4 Å². The second-order valence-corrected chi connectivity index (χ2v) is 5.18. The molecule has 1 spiro atoms. The van der Waals surface area contributed by atoms with Gasteiger partial charge in [0.2, 0.25) is 5.91 Å². The van der Waals surface area contributed by atoms with E-state index in [1.807, 2.05) is 18.7 Å². The van der Waals surface area contributed by atoms with Crippen molar-refractivity contribution in [1.82, 2.24) is 10.2 Å². The van der Waals surface area contributed by atoms with Crippen LogP contribution < -0.4 is 5.32 Å². The average Bonchev–Trinajstić information content (AvgIpc) is 2.54. The molecule has 17 heavy (non-hydrogen) atoms. The van der Waals surface area contributed by atoms with Gasteiger partial charge < -0.3 is 19.7 Å². The number of nitrogens with zero attached hydrogens (tertiary/aromatic N) is 1. The molecule has 1 amide bonds. The van der Waals surface area contributed by atoms with Crippen LogP contribution >= 0.6 is 0 Å². The van der Waals surface area contributed by atoms with E-state index in [2.05, 4.69) is 5.32 Å². The second-order valence-electron chi connectivity index (χ2n) is 5.18. The van der Waals surface area contributed by atoms with E-state index in [4.69, 9.17) is 9.47 Å². The zero-order valence-corrected chi connectivity index (χ0v) is 10.7. The third kappa shape index (κ3) is 2.97. The van der Waals surface area contributed by atoms with Gasteiger partial charge in [0, 0.05) is 25.6 Å². The monoisotopic (exact) mass is 242 g/mol. The Labute approximate surface area is 102 Å². The summed E-state index contributed by atoms with van der Waals surface area (Å²) in [5.74, 6) is 0.252. The molecule has 5 heteroatoms. The Bertz CT molecular complexity index is 273. The van der Waals surface area contributed by atoms with Crippen LogP contribution in [0.25, 0.3) is 0 Å². The van der Waals surface area contributed by atoms with Gasteiger partial charge in [0.25, 0.3) is 0 Å². The Kier molecular flexibility index (Phi) is 4.01. The molecule has 0 saturated carbocycles. The lowest BCUT2D eigenvalue weighted by Gasteiger charge is -2.42. The summed E-state index contributed by atoms with van der Waals surface area (Å²) in [7, 11) is 0. The maximum absolute atomic E-state index is 12.0. The number of rotatable bonds is 1. The molecule has 0 bridgehead atoms. The maximum atomic E-state index is 12.0. The minimum Gasteiger partial charge on any atom is -0.377 e. The molecule has 98 valence electrons. The van der Waals surface area contributed by atoms with Crippen molar-refractivity contribution in [2.75, 3.05) is 46.0 Å². The van der Waals surface area contributed by atoms with Gasteiger partial charge >= 0.3 is 0 Å². The molecular weight excluding hydrogens is 220 g/mol. The predicted molar refractivity (Wildman–Crippen MR) is 63.8 cm³/mol. The molecule has 1 N–H and O–H groups in total. The van der Waals surface area contributed by atoms with Gasteiger partial charge in [-0.15, -0.1) is 0 Å². The van der Waals surface area contributed by atoms with E-state index in [0.29, 0.717) is 32.9 Å². The molecular formula is C12H22N2O3. The highest BCUT2D eigenvalue weighted by Gasteiger charge is 2.39. The van der Waals surface area contributed by atoms with E-state index in [0.717, 1.165) is 13.1 Å². The molecule has 2 aliphatic heterocycles. The van der Waals surface area contributed by atoms with Crippen molar-refractivity contribution in [3.63, 3.8) is 0 Å². The van der Waals surface area contributed by atoms with E-state index in [1.54, 1.807) is 0 Å². The number of morpholine rings is 1. The summed E-state index contributed by atoms with van der Waals surface area (Å²) in [5, 5.41) is 3.31. The Hall–Kier alpha value is -0.650. The molecule has 2 aliphatic rings. The lowest BCUT2D eigenvalue weighted by Crippen LogP contribution is -2.59. The van der Waals surface area contributed by atoms with Crippen molar-refractivity contribution in [1.29, 1.82) is 0 Å². The van der Waals surface area contributed by atoms with Crippen LogP contribution in [0, 0.1) is 5.92 Å². The highest BCUT2D eigenvalue weighted by Crippen LogP contribution is 2.20. The first-order valence-electron chi connectivity index (χ1n) is 6.34. The first-order valence-corrected chi connectivity index (χ1v) is 6.34. The van der Waals surface area contributed by atoms with Gasteiger partial charge in [0.15, 0.2) is 0 Å². The Balaban J connectivity index is 2.02. The predicted octanol–water partition coefficient (Wildman–Crippen LogP) is -0.140. The molecule has 0 unspecified atom stereocenters. The standard InChI is InChI=1S/C12H22N2O3/c1-10(2)11(15)14-4-6-17-12(8-14)7-13-3-5-16-9-12/h10,13H,3-9H2,1-2H3/t12-/m1/s1. The topological polar surface area (TPSA) is 50.8 Å². The molecule has 5 nitrogen and oxygen atoms in total. The quantitative estimate of drug-likeness (QED) is 0.695. The van der Waals surface area contributed by atoms with E-state index in [9.17, 15) is 4.79 Å². The molecule has 2 rings (SSSR count). The minimum atomic E-state index is -0.348. The molecule has 0 radical (unpaired) electrons. The third-order valence-corrected chi connectivity index (χ3v) is 3.29. The fourth-order valence-corrected chi connectivity index (χ4v) is 2.36. The van der Waals surface area contributed by atoms with Crippen molar-refractivity contribution in [2.45, 2.75) is 19.4 Å². The summed E-state index contributed by atoms with van der Waals surface area (Å²) >= 11 is 0. The van der Waals surface area contributed by atoms with Gasteiger partial charge in [-0.2, -0.15) is 0 Å². The van der Waals surface area contributed by atoms with Crippen LogP contribution in [0.15, 0.2) is 0 Å². The van der Waals surface area contributed by atoms with Gasteiger partial charge in [-0.3, -0.25) is 4.79 Å². The van der Waals surface area contributed by atoms with Gasteiger partial charge in [0.05, 0.1) is 26.4 Å². The summed E-state index contributed by atoms with van der Waals surface area (Å²) in [6, 6.07) is 0. The van der Waals surface area contributed by atoms with Crippen LogP contribution in [0.2, 0.25) is 0 Å². The lowest BCUT2D eigenvalue weighted by atomic mass is 10.0. The summed E-state index contributed by atoms with van der Waals surface area (Å²) < 4.78 is 11.4. The largest absolute Gasteiger partial charge is 0.377 e. The minimum absolute atomic E-state index is 0.0461. The fraction of sp³-hybridized carbons (Fsp3) is 0.917. The zero-order valence-electron chi connectivity index (χ0n) is 10.7. The van der Waals surface area contributed by atoms with Crippen molar-refractivity contribution in [3.8, 4) is 0 Å². The second kappa shape index (κ2) is 5.33. The summed E-state index contributed by atoms with van der Waals surface area (Å²) in [5.41, 5.74) is -0.348. The molecule has 0 aromatic carbocycles. The Morgan fingerprint density at radius 1 is 1.41 bits per heavy atom. The number of amides is 1. The Morgan fingerprint density at radius 3 is 3.00 bits per heavy atom. The summed E-state index contributed by atoms with van der Waals surface area (Å²) in [4.78, 5) is 13.9. The number of ether oxygens (including phenoxy) is 2. The Morgan fingerprint density at radius 2 is 2.24 bits per heavy atom. The molecule has 0 aromatic heterocycles. The third-order valence-electron chi connectivity index (χ3n) is 3.29. The molecule has 2 saturated heterocycles. The van der Waals surface area contributed by atoms with Gasteiger partial charge in [-0.1, -0.05) is 13.8 Å².